The monoisotopic (exact) mass is 271 g/mol. The quantitative estimate of drug-likeness (QED) is 0.841. The maximum Gasteiger partial charge on any atom is 0.317 e. The summed E-state index contributed by atoms with van der Waals surface area (Å²) in [4.78, 5) is 17.6. The molecule has 1 atom stereocenters. The molecule has 0 aliphatic carbocycles. The minimum atomic E-state index is -0.0772. The summed E-state index contributed by atoms with van der Waals surface area (Å²) in [5, 5.41) is 6.94. The fraction of sp³-hybridized carbons (Fsp3) is 0.727. The van der Waals surface area contributed by atoms with Crippen LogP contribution in [0, 0.1) is 0 Å². The van der Waals surface area contributed by atoms with Crippen molar-refractivity contribution >= 4 is 17.8 Å². The second kappa shape index (κ2) is 7.25. The van der Waals surface area contributed by atoms with E-state index in [0.29, 0.717) is 6.54 Å². The number of thioether (sulfide) groups is 1. The van der Waals surface area contributed by atoms with Crippen molar-refractivity contribution in [3.05, 3.63) is 12.2 Å². The maximum absolute atomic E-state index is 11.9. The second-order valence-electron chi connectivity index (χ2n) is 4.29. The number of carbonyl (C=O) groups excluding carboxylic acids is 1. The van der Waals surface area contributed by atoms with Gasteiger partial charge >= 0.3 is 6.03 Å². The van der Waals surface area contributed by atoms with Crippen LogP contribution in [0.25, 0.3) is 0 Å². The van der Waals surface area contributed by atoms with Gasteiger partial charge in [0.1, 0.15) is 12.2 Å². The Morgan fingerprint density at radius 3 is 2.94 bits per heavy atom. The molecular weight excluding hydrogens is 250 g/mol. The van der Waals surface area contributed by atoms with Crippen LogP contribution < -0.4 is 5.32 Å². The van der Waals surface area contributed by atoms with Crippen LogP contribution in [0.1, 0.15) is 19.2 Å². The topological polar surface area (TPSA) is 63.1 Å². The minimum absolute atomic E-state index is 0.0772. The molecule has 0 saturated heterocycles. The van der Waals surface area contributed by atoms with E-state index in [1.54, 1.807) is 28.4 Å². The summed E-state index contributed by atoms with van der Waals surface area (Å²) < 4.78 is 1.67. The molecule has 7 heteroatoms. The van der Waals surface area contributed by atoms with Crippen molar-refractivity contribution in [2.75, 3.05) is 19.1 Å². The average Bonchev–Trinajstić information content (AvgIpc) is 2.72. The number of nitrogens with one attached hydrogen (secondary N) is 1. The van der Waals surface area contributed by atoms with Gasteiger partial charge in [-0.05, 0) is 25.4 Å². The van der Waals surface area contributed by atoms with Crippen LogP contribution >= 0.6 is 11.8 Å². The second-order valence-corrected chi connectivity index (χ2v) is 5.27. The van der Waals surface area contributed by atoms with Crippen molar-refractivity contribution in [1.82, 2.24) is 25.0 Å². The Morgan fingerprint density at radius 1 is 1.67 bits per heavy atom. The Hall–Kier alpha value is -1.24. The van der Waals surface area contributed by atoms with E-state index in [1.165, 1.54) is 6.33 Å². The summed E-state index contributed by atoms with van der Waals surface area (Å²) in [6, 6.07) is 0.110. The highest BCUT2D eigenvalue weighted by atomic mass is 32.2. The standard InChI is InChI=1S/C11H21N5OS/c1-9(5-6-18-4)14-11(17)15(2)7-10-12-8-13-16(10)3/h8-9H,5-7H2,1-4H3,(H,14,17)/t9-/m0/s1. The van der Waals surface area contributed by atoms with E-state index in [4.69, 9.17) is 0 Å². The van der Waals surface area contributed by atoms with Gasteiger partial charge in [0, 0.05) is 20.1 Å². The van der Waals surface area contributed by atoms with Crippen LogP contribution in [0.15, 0.2) is 6.33 Å². The lowest BCUT2D eigenvalue weighted by Gasteiger charge is -2.20. The van der Waals surface area contributed by atoms with Crippen molar-refractivity contribution in [1.29, 1.82) is 0 Å². The molecule has 0 radical (unpaired) electrons. The first-order chi connectivity index (χ1) is 8.54. The van der Waals surface area contributed by atoms with Crippen molar-refractivity contribution < 1.29 is 4.79 Å². The predicted octanol–water partition coefficient (Wildman–Crippen LogP) is 1.10. The number of hydrogen-bond donors (Lipinski definition) is 1. The van der Waals surface area contributed by atoms with Gasteiger partial charge < -0.3 is 10.2 Å². The van der Waals surface area contributed by atoms with E-state index >= 15 is 0 Å². The fourth-order valence-corrected chi connectivity index (χ4v) is 2.02. The molecule has 0 aromatic carbocycles. The number of carbonyl (C=O) groups is 1. The summed E-state index contributed by atoms with van der Waals surface area (Å²) in [7, 11) is 3.57. The Labute approximate surface area is 112 Å². The van der Waals surface area contributed by atoms with Crippen LogP contribution in [0.5, 0.6) is 0 Å². The van der Waals surface area contributed by atoms with Crippen molar-refractivity contribution in [2.24, 2.45) is 7.05 Å². The first-order valence-electron chi connectivity index (χ1n) is 5.88. The Morgan fingerprint density at radius 2 is 2.39 bits per heavy atom. The SMILES string of the molecule is CSCC[C@H](C)NC(=O)N(C)Cc1ncnn1C. The maximum atomic E-state index is 11.9. The molecule has 1 aromatic heterocycles. The van der Waals surface area contributed by atoms with E-state index in [1.807, 2.05) is 14.0 Å². The third-order valence-electron chi connectivity index (χ3n) is 2.66. The van der Waals surface area contributed by atoms with E-state index < -0.39 is 0 Å². The van der Waals surface area contributed by atoms with Crippen LogP contribution in [0.2, 0.25) is 0 Å². The zero-order valence-electron chi connectivity index (χ0n) is 11.4. The minimum Gasteiger partial charge on any atom is -0.336 e. The van der Waals surface area contributed by atoms with Crippen LogP contribution in [-0.4, -0.2) is 50.8 Å². The van der Waals surface area contributed by atoms with Crippen LogP contribution in [0.4, 0.5) is 4.79 Å². The number of rotatable bonds is 6. The van der Waals surface area contributed by atoms with E-state index in [2.05, 4.69) is 21.7 Å². The number of aryl methyl sites for hydroxylation is 1. The van der Waals surface area contributed by atoms with Crippen molar-refractivity contribution in [3.63, 3.8) is 0 Å². The summed E-state index contributed by atoms with van der Waals surface area (Å²) in [6.45, 7) is 2.47. The summed E-state index contributed by atoms with van der Waals surface area (Å²) in [6.07, 6.45) is 4.53. The lowest BCUT2D eigenvalue weighted by atomic mass is 10.3. The zero-order chi connectivity index (χ0) is 13.5. The molecular formula is C11H21N5OS. The normalized spacial score (nSPS) is 12.2. The van der Waals surface area contributed by atoms with Gasteiger partial charge in [0.25, 0.3) is 0 Å². The lowest BCUT2D eigenvalue weighted by Crippen LogP contribution is -2.42. The van der Waals surface area contributed by atoms with Crippen LogP contribution in [-0.2, 0) is 13.6 Å². The molecule has 0 fully saturated rings. The van der Waals surface area contributed by atoms with Crippen LogP contribution in [0.3, 0.4) is 0 Å². The smallest absolute Gasteiger partial charge is 0.317 e. The zero-order valence-corrected chi connectivity index (χ0v) is 12.2. The summed E-state index contributed by atoms with van der Waals surface area (Å²) in [5.74, 6) is 1.82. The average molecular weight is 271 g/mol. The van der Waals surface area contributed by atoms with E-state index in [0.717, 1.165) is 18.0 Å². The van der Waals surface area contributed by atoms with Gasteiger partial charge in [-0.25, -0.2) is 9.78 Å². The number of aromatic nitrogens is 3. The molecule has 1 rings (SSSR count). The third-order valence-corrected chi connectivity index (χ3v) is 3.30. The predicted molar refractivity (Wildman–Crippen MR) is 73.5 cm³/mol. The molecule has 1 N–H and O–H groups in total. The molecule has 1 heterocycles. The molecule has 0 aliphatic rings. The highest BCUT2D eigenvalue weighted by molar-refractivity contribution is 7.98. The van der Waals surface area contributed by atoms with E-state index in [-0.39, 0.29) is 12.1 Å². The first kappa shape index (κ1) is 14.8. The van der Waals surface area contributed by atoms with Crippen molar-refractivity contribution in [3.8, 4) is 0 Å². The Bertz CT molecular complexity index is 381. The number of amides is 2. The Balaban J connectivity index is 2.39. The molecule has 18 heavy (non-hydrogen) atoms. The molecule has 2 amide bonds. The highest BCUT2D eigenvalue weighted by Gasteiger charge is 2.13. The molecule has 6 nitrogen and oxygen atoms in total. The Kier molecular flexibility index (Phi) is 5.97. The van der Waals surface area contributed by atoms with Gasteiger partial charge in [-0.15, -0.1) is 0 Å². The lowest BCUT2D eigenvalue weighted by molar-refractivity contribution is 0.201. The molecule has 0 bridgehead atoms. The highest BCUT2D eigenvalue weighted by Crippen LogP contribution is 2.02. The van der Waals surface area contributed by atoms with Gasteiger partial charge in [0.15, 0.2) is 0 Å². The number of nitrogens with zero attached hydrogens (tertiary/aromatic N) is 4. The van der Waals surface area contributed by atoms with E-state index in [9.17, 15) is 4.79 Å². The summed E-state index contributed by atoms with van der Waals surface area (Å²) >= 11 is 1.78. The molecule has 0 saturated carbocycles. The van der Waals surface area contributed by atoms with Gasteiger partial charge in [-0.2, -0.15) is 16.9 Å². The first-order valence-corrected chi connectivity index (χ1v) is 7.27. The molecule has 1 aromatic rings. The van der Waals surface area contributed by atoms with Crippen molar-refractivity contribution in [2.45, 2.75) is 25.9 Å². The molecule has 102 valence electrons. The fourth-order valence-electron chi connectivity index (χ4n) is 1.43. The molecule has 0 spiro atoms. The van der Waals surface area contributed by atoms with Gasteiger partial charge in [-0.1, -0.05) is 0 Å². The third kappa shape index (κ3) is 4.56. The largest absolute Gasteiger partial charge is 0.336 e. The van der Waals surface area contributed by atoms with Gasteiger partial charge in [0.05, 0.1) is 6.54 Å². The molecule has 0 unspecified atom stereocenters. The van der Waals surface area contributed by atoms with Gasteiger partial charge in [-0.3, -0.25) is 4.68 Å². The summed E-state index contributed by atoms with van der Waals surface area (Å²) in [5.41, 5.74) is 0. The van der Waals surface area contributed by atoms with Gasteiger partial charge in [0.2, 0.25) is 0 Å². The molecule has 0 aliphatic heterocycles. The number of hydrogen-bond acceptors (Lipinski definition) is 4. The number of urea groups is 1.